The number of likely N-dealkylation sites (tertiary alicyclic amines) is 1. The number of benzene rings is 2. The molecule has 0 spiro atoms. The molecule has 22 heavy (non-hydrogen) atoms. The quantitative estimate of drug-likeness (QED) is 0.807. The third-order valence-corrected chi connectivity index (χ3v) is 4.23. The topological polar surface area (TPSA) is 21.7 Å². The van der Waals surface area contributed by atoms with E-state index in [1.54, 1.807) is 7.11 Å². The van der Waals surface area contributed by atoms with Gasteiger partial charge < -0.3 is 9.47 Å². The number of para-hydroxylation sites is 1. The Morgan fingerprint density at radius 1 is 1.05 bits per heavy atom. The van der Waals surface area contributed by atoms with Crippen LogP contribution >= 0.6 is 0 Å². The van der Waals surface area contributed by atoms with Gasteiger partial charge in [-0.15, -0.1) is 0 Å². The number of ether oxygens (including phenoxy) is 2. The van der Waals surface area contributed by atoms with Gasteiger partial charge >= 0.3 is 0 Å². The zero-order chi connectivity index (χ0) is 15.2. The number of hydrogen-bond acceptors (Lipinski definition) is 3. The first-order chi connectivity index (χ1) is 10.9. The van der Waals surface area contributed by atoms with Gasteiger partial charge in [0.15, 0.2) is 0 Å². The van der Waals surface area contributed by atoms with Crippen LogP contribution in [0, 0.1) is 0 Å². The lowest BCUT2D eigenvalue weighted by Gasteiger charge is -2.25. The van der Waals surface area contributed by atoms with Crippen molar-refractivity contribution < 1.29 is 9.47 Å². The van der Waals surface area contributed by atoms with Crippen LogP contribution < -0.4 is 9.47 Å². The van der Waals surface area contributed by atoms with Crippen molar-refractivity contribution in [2.24, 2.45) is 0 Å². The number of methoxy groups -OCH3 is 1. The van der Waals surface area contributed by atoms with E-state index in [1.807, 2.05) is 36.4 Å². The third kappa shape index (κ3) is 3.60. The lowest BCUT2D eigenvalue weighted by Crippen LogP contribution is -2.28. The Balaban J connectivity index is 1.58. The molecule has 1 saturated heterocycles. The van der Waals surface area contributed by atoms with Gasteiger partial charge in [-0.3, -0.25) is 4.90 Å². The highest BCUT2D eigenvalue weighted by Crippen LogP contribution is 2.33. The smallest absolute Gasteiger partial charge is 0.119 e. The summed E-state index contributed by atoms with van der Waals surface area (Å²) in [7, 11) is 1.72. The number of rotatable bonds is 6. The maximum atomic E-state index is 5.83. The normalized spacial score (nSPS) is 18.3. The molecule has 2 aromatic rings. The molecule has 0 saturated carbocycles. The first kappa shape index (κ1) is 14.9. The molecule has 3 rings (SSSR count). The van der Waals surface area contributed by atoms with E-state index in [9.17, 15) is 0 Å². The molecule has 2 aromatic carbocycles. The van der Waals surface area contributed by atoms with Gasteiger partial charge in [-0.05, 0) is 49.2 Å². The fourth-order valence-corrected chi connectivity index (χ4v) is 3.12. The fourth-order valence-electron chi connectivity index (χ4n) is 3.12. The van der Waals surface area contributed by atoms with Crippen LogP contribution in [0.15, 0.2) is 54.6 Å². The average Bonchev–Trinajstić information content (AvgIpc) is 3.04. The van der Waals surface area contributed by atoms with E-state index >= 15 is 0 Å². The maximum Gasteiger partial charge on any atom is 0.119 e. The summed E-state index contributed by atoms with van der Waals surface area (Å²) in [6.45, 7) is 2.82. The Morgan fingerprint density at radius 3 is 2.68 bits per heavy atom. The van der Waals surface area contributed by atoms with Gasteiger partial charge in [0.05, 0.1) is 7.11 Å². The van der Waals surface area contributed by atoms with E-state index in [0.29, 0.717) is 6.04 Å². The second-order valence-electron chi connectivity index (χ2n) is 5.63. The van der Waals surface area contributed by atoms with Crippen molar-refractivity contribution in [3.8, 4) is 11.5 Å². The molecule has 1 aliphatic heterocycles. The standard InChI is InChI=1S/C19H23NO2/c1-21-18-10-5-7-16(15-18)19-11-6-12-20(19)13-14-22-17-8-3-2-4-9-17/h2-5,7-10,15,19H,6,11-14H2,1H3. The van der Waals surface area contributed by atoms with Gasteiger partial charge in [-0.25, -0.2) is 0 Å². The van der Waals surface area contributed by atoms with Gasteiger partial charge in [0, 0.05) is 12.6 Å². The van der Waals surface area contributed by atoms with Gasteiger partial charge in [0.25, 0.3) is 0 Å². The van der Waals surface area contributed by atoms with Crippen molar-refractivity contribution in [3.63, 3.8) is 0 Å². The predicted octanol–water partition coefficient (Wildman–Crippen LogP) is 3.91. The minimum absolute atomic E-state index is 0.481. The van der Waals surface area contributed by atoms with Crippen LogP contribution in [0.2, 0.25) is 0 Å². The Bertz CT molecular complexity index is 585. The number of hydrogen-bond donors (Lipinski definition) is 0. The summed E-state index contributed by atoms with van der Waals surface area (Å²) in [5.41, 5.74) is 1.34. The van der Waals surface area contributed by atoms with Crippen molar-refractivity contribution in [1.82, 2.24) is 4.90 Å². The first-order valence-electron chi connectivity index (χ1n) is 7.92. The minimum Gasteiger partial charge on any atom is -0.497 e. The summed E-state index contributed by atoms with van der Waals surface area (Å²) in [6, 6.07) is 18.9. The Morgan fingerprint density at radius 2 is 1.86 bits per heavy atom. The highest BCUT2D eigenvalue weighted by molar-refractivity contribution is 5.31. The summed E-state index contributed by atoms with van der Waals surface area (Å²) in [6.07, 6.45) is 2.45. The average molecular weight is 297 g/mol. The summed E-state index contributed by atoms with van der Waals surface area (Å²) in [4.78, 5) is 2.51. The summed E-state index contributed by atoms with van der Waals surface area (Å²) >= 11 is 0. The Kier molecular flexibility index (Phi) is 4.96. The van der Waals surface area contributed by atoms with Gasteiger partial charge in [0.2, 0.25) is 0 Å². The van der Waals surface area contributed by atoms with Gasteiger partial charge in [-0.2, -0.15) is 0 Å². The summed E-state index contributed by atoms with van der Waals surface area (Å²) < 4.78 is 11.2. The Hall–Kier alpha value is -2.00. The lowest BCUT2D eigenvalue weighted by atomic mass is 10.0. The molecular formula is C19H23NO2. The monoisotopic (exact) mass is 297 g/mol. The number of nitrogens with zero attached hydrogens (tertiary/aromatic N) is 1. The molecule has 3 nitrogen and oxygen atoms in total. The van der Waals surface area contributed by atoms with E-state index in [2.05, 4.69) is 23.1 Å². The van der Waals surface area contributed by atoms with Crippen molar-refractivity contribution in [3.05, 3.63) is 60.2 Å². The molecule has 1 aliphatic rings. The molecule has 116 valence electrons. The highest BCUT2D eigenvalue weighted by atomic mass is 16.5. The second-order valence-corrected chi connectivity index (χ2v) is 5.63. The zero-order valence-corrected chi connectivity index (χ0v) is 13.1. The van der Waals surface area contributed by atoms with Crippen LogP contribution in [0.4, 0.5) is 0 Å². The van der Waals surface area contributed by atoms with Crippen LogP contribution in [-0.4, -0.2) is 31.7 Å². The predicted molar refractivity (Wildman–Crippen MR) is 88.5 cm³/mol. The molecule has 1 atom stereocenters. The SMILES string of the molecule is COc1cccc(C2CCCN2CCOc2ccccc2)c1. The molecule has 1 unspecified atom stereocenters. The highest BCUT2D eigenvalue weighted by Gasteiger charge is 2.25. The van der Waals surface area contributed by atoms with Crippen LogP contribution in [-0.2, 0) is 0 Å². The summed E-state index contributed by atoms with van der Waals surface area (Å²) in [5.74, 6) is 1.88. The van der Waals surface area contributed by atoms with Crippen LogP contribution in [0.3, 0.4) is 0 Å². The molecule has 0 radical (unpaired) electrons. The second kappa shape index (κ2) is 7.32. The minimum atomic E-state index is 0.481. The Labute approximate surface area is 132 Å². The molecule has 0 aliphatic carbocycles. The molecule has 1 fully saturated rings. The largest absolute Gasteiger partial charge is 0.497 e. The van der Waals surface area contributed by atoms with Crippen molar-refractivity contribution in [1.29, 1.82) is 0 Å². The molecule has 0 aromatic heterocycles. The van der Waals surface area contributed by atoms with Gasteiger partial charge in [0.1, 0.15) is 18.1 Å². The van der Waals surface area contributed by atoms with Crippen LogP contribution in [0.5, 0.6) is 11.5 Å². The third-order valence-electron chi connectivity index (χ3n) is 4.23. The van der Waals surface area contributed by atoms with E-state index in [1.165, 1.54) is 18.4 Å². The van der Waals surface area contributed by atoms with Crippen LogP contribution in [0.25, 0.3) is 0 Å². The maximum absolute atomic E-state index is 5.83. The van der Waals surface area contributed by atoms with Crippen molar-refractivity contribution >= 4 is 0 Å². The zero-order valence-electron chi connectivity index (χ0n) is 13.1. The van der Waals surface area contributed by atoms with Crippen LogP contribution in [0.1, 0.15) is 24.4 Å². The first-order valence-corrected chi connectivity index (χ1v) is 7.92. The molecule has 1 heterocycles. The summed E-state index contributed by atoms with van der Waals surface area (Å²) in [5, 5.41) is 0. The van der Waals surface area contributed by atoms with E-state index < -0.39 is 0 Å². The molecular weight excluding hydrogens is 274 g/mol. The molecule has 0 amide bonds. The molecule has 3 heteroatoms. The fraction of sp³-hybridized carbons (Fsp3) is 0.368. The van der Waals surface area contributed by atoms with Gasteiger partial charge in [-0.1, -0.05) is 30.3 Å². The van der Waals surface area contributed by atoms with Crippen molar-refractivity contribution in [2.45, 2.75) is 18.9 Å². The molecule has 0 bridgehead atoms. The van der Waals surface area contributed by atoms with E-state index in [4.69, 9.17) is 9.47 Å². The van der Waals surface area contributed by atoms with E-state index in [-0.39, 0.29) is 0 Å². The lowest BCUT2D eigenvalue weighted by molar-refractivity contribution is 0.197. The molecule has 0 N–H and O–H groups in total. The van der Waals surface area contributed by atoms with E-state index in [0.717, 1.165) is 31.2 Å². The van der Waals surface area contributed by atoms with Crippen molar-refractivity contribution in [2.75, 3.05) is 26.8 Å².